The second-order valence-corrected chi connectivity index (χ2v) is 6.17. The summed E-state index contributed by atoms with van der Waals surface area (Å²) in [6.07, 6.45) is 1.48. The molecule has 6 nitrogen and oxygen atoms in total. The zero-order valence-electron chi connectivity index (χ0n) is 15.2. The van der Waals surface area contributed by atoms with E-state index >= 15 is 0 Å². The average Bonchev–Trinajstić information content (AvgIpc) is 2.67. The summed E-state index contributed by atoms with van der Waals surface area (Å²) < 4.78 is 16.6. The lowest BCUT2D eigenvalue weighted by molar-refractivity contribution is -0.112. The Kier molecular flexibility index (Phi) is 7.26. The van der Waals surface area contributed by atoms with Crippen molar-refractivity contribution in [3.63, 3.8) is 0 Å². The molecule has 2 rings (SSSR count). The van der Waals surface area contributed by atoms with Gasteiger partial charge in [-0.15, -0.1) is 0 Å². The van der Waals surface area contributed by atoms with Gasteiger partial charge in [-0.1, -0.05) is 0 Å². The van der Waals surface area contributed by atoms with E-state index in [4.69, 9.17) is 14.2 Å². The van der Waals surface area contributed by atoms with Crippen LogP contribution in [0.25, 0.3) is 6.08 Å². The van der Waals surface area contributed by atoms with Gasteiger partial charge in [-0.3, -0.25) is 4.79 Å². The van der Waals surface area contributed by atoms with E-state index in [1.165, 1.54) is 20.3 Å². The summed E-state index contributed by atoms with van der Waals surface area (Å²) in [7, 11) is 3.05. The molecule has 140 valence electrons. The normalized spacial score (nSPS) is 10.7. The molecule has 0 unspecified atom stereocenters. The summed E-state index contributed by atoms with van der Waals surface area (Å²) in [4.78, 5) is 12.4. The van der Waals surface area contributed by atoms with Crippen LogP contribution in [0.1, 0.15) is 12.5 Å². The highest BCUT2D eigenvalue weighted by Gasteiger charge is 2.13. The van der Waals surface area contributed by atoms with Gasteiger partial charge in [0, 0.05) is 5.69 Å². The molecule has 0 saturated heterocycles. The number of carbonyl (C=O) groups is 1. The fourth-order valence-corrected chi connectivity index (χ4v) is 2.96. The van der Waals surface area contributed by atoms with Gasteiger partial charge in [0.1, 0.15) is 17.4 Å². The first kappa shape index (κ1) is 20.3. The monoisotopic (exact) mass is 430 g/mol. The van der Waals surface area contributed by atoms with Gasteiger partial charge < -0.3 is 19.5 Å². The molecule has 0 aliphatic rings. The summed E-state index contributed by atoms with van der Waals surface area (Å²) in [5.74, 6) is 1.23. The van der Waals surface area contributed by atoms with Crippen molar-refractivity contribution in [3.05, 3.63) is 52.0 Å². The van der Waals surface area contributed by atoms with Crippen LogP contribution in [-0.4, -0.2) is 26.7 Å². The SMILES string of the molecule is CCOc1ccc(NC(=O)C(C#N)=Cc2cc(Br)c(OC)c(OC)c2)cc1. The maximum atomic E-state index is 12.4. The Morgan fingerprint density at radius 2 is 1.93 bits per heavy atom. The molecule has 27 heavy (non-hydrogen) atoms. The Morgan fingerprint density at radius 3 is 2.48 bits per heavy atom. The fraction of sp³-hybridized carbons (Fsp3) is 0.200. The summed E-state index contributed by atoms with van der Waals surface area (Å²) >= 11 is 3.39. The van der Waals surface area contributed by atoms with Crippen molar-refractivity contribution in [2.45, 2.75) is 6.92 Å². The number of hydrogen-bond donors (Lipinski definition) is 1. The van der Waals surface area contributed by atoms with Gasteiger partial charge in [-0.25, -0.2) is 0 Å². The van der Waals surface area contributed by atoms with E-state index in [1.54, 1.807) is 36.4 Å². The van der Waals surface area contributed by atoms with Crippen molar-refractivity contribution in [2.75, 3.05) is 26.1 Å². The Labute approximate surface area is 166 Å². The van der Waals surface area contributed by atoms with E-state index in [0.29, 0.717) is 39.6 Å². The predicted molar refractivity (Wildman–Crippen MR) is 107 cm³/mol. The standard InChI is InChI=1S/C20H19BrN2O4/c1-4-27-16-7-5-15(6-8-16)23-20(24)14(12-22)9-13-10-17(21)19(26-3)18(11-13)25-2/h5-11H,4H2,1-3H3,(H,23,24). The number of amides is 1. The number of ether oxygens (including phenoxy) is 3. The highest BCUT2D eigenvalue weighted by molar-refractivity contribution is 9.10. The topological polar surface area (TPSA) is 80.6 Å². The first-order chi connectivity index (χ1) is 13.0. The van der Waals surface area contributed by atoms with Crippen LogP contribution in [0, 0.1) is 11.3 Å². The zero-order chi connectivity index (χ0) is 19.8. The minimum absolute atomic E-state index is 0.0389. The van der Waals surface area contributed by atoms with E-state index < -0.39 is 5.91 Å². The molecular weight excluding hydrogens is 412 g/mol. The third kappa shape index (κ3) is 5.25. The number of nitrogens with one attached hydrogen (secondary N) is 1. The maximum Gasteiger partial charge on any atom is 0.266 e. The molecule has 2 aromatic rings. The summed E-state index contributed by atoms with van der Waals surface area (Å²) in [6, 6.07) is 12.3. The summed E-state index contributed by atoms with van der Waals surface area (Å²) in [5, 5.41) is 12.1. The quantitative estimate of drug-likeness (QED) is 0.519. The Hall–Kier alpha value is -2.98. The van der Waals surface area contributed by atoms with Gasteiger partial charge >= 0.3 is 0 Å². The smallest absolute Gasteiger partial charge is 0.266 e. The van der Waals surface area contributed by atoms with Gasteiger partial charge in [0.15, 0.2) is 11.5 Å². The molecule has 0 fully saturated rings. The fourth-order valence-electron chi connectivity index (χ4n) is 2.34. The lowest BCUT2D eigenvalue weighted by atomic mass is 10.1. The molecule has 0 aliphatic heterocycles. The van der Waals surface area contributed by atoms with Crippen LogP contribution in [0.5, 0.6) is 17.2 Å². The molecule has 0 atom stereocenters. The number of nitrogens with zero attached hydrogens (tertiary/aromatic N) is 1. The third-order valence-corrected chi connectivity index (χ3v) is 4.14. The lowest BCUT2D eigenvalue weighted by Gasteiger charge is -2.11. The molecule has 0 radical (unpaired) electrons. The number of halogens is 1. The van der Waals surface area contributed by atoms with Crippen LogP contribution >= 0.6 is 15.9 Å². The van der Waals surface area contributed by atoms with Crippen molar-refractivity contribution in [1.82, 2.24) is 0 Å². The van der Waals surface area contributed by atoms with Crippen molar-refractivity contribution in [2.24, 2.45) is 0 Å². The molecule has 0 aliphatic carbocycles. The van der Waals surface area contributed by atoms with Crippen LogP contribution in [-0.2, 0) is 4.79 Å². The average molecular weight is 431 g/mol. The highest BCUT2D eigenvalue weighted by atomic mass is 79.9. The number of carbonyl (C=O) groups excluding carboxylic acids is 1. The number of hydrogen-bond acceptors (Lipinski definition) is 5. The predicted octanol–water partition coefficient (Wildman–Crippen LogP) is 4.41. The molecular formula is C20H19BrN2O4. The van der Waals surface area contributed by atoms with Crippen LogP contribution < -0.4 is 19.5 Å². The number of methoxy groups -OCH3 is 2. The Balaban J connectivity index is 2.24. The van der Waals surface area contributed by atoms with E-state index in [-0.39, 0.29) is 5.57 Å². The summed E-state index contributed by atoms with van der Waals surface area (Å²) in [5.41, 5.74) is 1.15. The van der Waals surface area contributed by atoms with Crippen LogP contribution in [0.3, 0.4) is 0 Å². The second kappa shape index (κ2) is 9.64. The highest BCUT2D eigenvalue weighted by Crippen LogP contribution is 2.36. The maximum absolute atomic E-state index is 12.4. The molecule has 0 saturated carbocycles. The molecule has 1 N–H and O–H groups in total. The van der Waals surface area contributed by atoms with Gasteiger partial charge in [0.25, 0.3) is 5.91 Å². The number of anilines is 1. The lowest BCUT2D eigenvalue weighted by Crippen LogP contribution is -2.13. The largest absolute Gasteiger partial charge is 0.494 e. The molecule has 0 spiro atoms. The Morgan fingerprint density at radius 1 is 1.22 bits per heavy atom. The third-order valence-electron chi connectivity index (χ3n) is 3.56. The second-order valence-electron chi connectivity index (χ2n) is 5.32. The molecule has 0 bridgehead atoms. The van der Waals surface area contributed by atoms with Crippen molar-refractivity contribution >= 4 is 33.6 Å². The van der Waals surface area contributed by atoms with Crippen LogP contribution in [0.4, 0.5) is 5.69 Å². The Bertz CT molecular complexity index is 886. The minimum Gasteiger partial charge on any atom is -0.494 e. The van der Waals surface area contributed by atoms with Crippen molar-refractivity contribution in [3.8, 4) is 23.3 Å². The molecule has 1 amide bonds. The van der Waals surface area contributed by atoms with Gasteiger partial charge in [0.2, 0.25) is 0 Å². The first-order valence-electron chi connectivity index (χ1n) is 8.09. The number of rotatable bonds is 7. The molecule has 2 aromatic carbocycles. The molecule has 0 heterocycles. The number of nitriles is 1. The summed E-state index contributed by atoms with van der Waals surface area (Å²) in [6.45, 7) is 2.46. The van der Waals surface area contributed by atoms with E-state index in [2.05, 4.69) is 21.2 Å². The first-order valence-corrected chi connectivity index (χ1v) is 8.89. The van der Waals surface area contributed by atoms with Crippen LogP contribution in [0.15, 0.2) is 46.4 Å². The zero-order valence-corrected chi connectivity index (χ0v) is 16.8. The number of benzene rings is 2. The van der Waals surface area contributed by atoms with Gasteiger partial charge in [-0.2, -0.15) is 5.26 Å². The molecule has 7 heteroatoms. The van der Waals surface area contributed by atoms with Gasteiger partial charge in [0.05, 0.1) is 25.3 Å². The van der Waals surface area contributed by atoms with E-state index in [9.17, 15) is 10.1 Å². The minimum atomic E-state index is -0.507. The van der Waals surface area contributed by atoms with Crippen molar-refractivity contribution in [1.29, 1.82) is 5.26 Å². The van der Waals surface area contributed by atoms with E-state index in [1.807, 2.05) is 13.0 Å². The van der Waals surface area contributed by atoms with E-state index in [0.717, 1.165) is 0 Å². The van der Waals surface area contributed by atoms with Gasteiger partial charge in [-0.05, 0) is 70.9 Å². The molecule has 0 aromatic heterocycles. The van der Waals surface area contributed by atoms with Crippen LogP contribution in [0.2, 0.25) is 0 Å². The van der Waals surface area contributed by atoms with Crippen molar-refractivity contribution < 1.29 is 19.0 Å².